The fourth-order valence-corrected chi connectivity index (χ4v) is 3.72. The number of carbonyl (C=O) groups is 1. The van der Waals surface area contributed by atoms with Crippen LogP contribution in [-0.4, -0.2) is 57.1 Å². The molecule has 0 fully saturated rings. The maximum atomic E-state index is 13.2. The summed E-state index contributed by atoms with van der Waals surface area (Å²) in [6, 6.07) is 10.3. The summed E-state index contributed by atoms with van der Waals surface area (Å²) in [6.45, 7) is 14.8. The summed E-state index contributed by atoms with van der Waals surface area (Å²) in [4.78, 5) is 15.3. The molecule has 0 saturated heterocycles. The van der Waals surface area contributed by atoms with E-state index in [1.165, 1.54) is 11.1 Å². The van der Waals surface area contributed by atoms with E-state index in [1.807, 2.05) is 25.2 Å². The molecular weight excluding hydrogens is 434 g/mol. The second kappa shape index (κ2) is 18.2. The fourth-order valence-electron chi connectivity index (χ4n) is 3.72. The van der Waals surface area contributed by atoms with Gasteiger partial charge >= 0.3 is 0 Å². The van der Waals surface area contributed by atoms with Crippen molar-refractivity contribution in [2.45, 2.75) is 66.3 Å². The lowest BCUT2D eigenvalue weighted by molar-refractivity contribution is -0.118. The van der Waals surface area contributed by atoms with E-state index in [9.17, 15) is 4.79 Å². The molecule has 1 aromatic carbocycles. The number of nitrogens with two attached hydrogens (primary N) is 1. The molecule has 5 N–H and O–H groups in total. The van der Waals surface area contributed by atoms with Gasteiger partial charge in [0.25, 0.3) is 5.91 Å². The maximum absolute atomic E-state index is 13.2. The Morgan fingerprint density at radius 3 is 2.11 bits per heavy atom. The highest BCUT2D eigenvalue weighted by Gasteiger charge is 2.20. The third-order valence-corrected chi connectivity index (χ3v) is 5.82. The third-order valence-electron chi connectivity index (χ3n) is 5.82. The highest BCUT2D eigenvalue weighted by Crippen LogP contribution is 2.28. The number of nitrogens with one attached hydrogen (secondary N) is 3. The number of amides is 1. The first-order chi connectivity index (χ1) is 16.8. The quantitative estimate of drug-likeness (QED) is 0.142. The van der Waals surface area contributed by atoms with Gasteiger partial charge in [-0.1, -0.05) is 64.1 Å². The number of likely N-dealkylation sites (N-methyl/N-ethyl adjacent to an activating group) is 1. The van der Waals surface area contributed by atoms with Crippen molar-refractivity contribution in [1.82, 2.24) is 20.9 Å². The summed E-state index contributed by atoms with van der Waals surface area (Å²) in [5.74, 6) is -0.0155. The van der Waals surface area contributed by atoms with Crippen molar-refractivity contribution < 1.29 is 4.79 Å². The number of hydrogen-bond donors (Lipinski definition) is 4. The van der Waals surface area contributed by atoms with E-state index in [4.69, 9.17) is 5.73 Å². The van der Waals surface area contributed by atoms with E-state index in [2.05, 4.69) is 72.8 Å². The lowest BCUT2D eigenvalue weighted by Crippen LogP contribution is -2.35. The summed E-state index contributed by atoms with van der Waals surface area (Å²) in [6.07, 6.45) is 9.50. The number of hydrogen-bond acceptors (Lipinski definition) is 5. The minimum absolute atomic E-state index is 0.0155. The second-order valence-corrected chi connectivity index (χ2v) is 10.1. The van der Waals surface area contributed by atoms with Crippen LogP contribution in [0, 0.1) is 5.41 Å². The first-order valence-corrected chi connectivity index (χ1v) is 13.4. The molecule has 6 heteroatoms. The zero-order valence-electron chi connectivity index (χ0n) is 23.0. The molecule has 0 aliphatic rings. The Morgan fingerprint density at radius 2 is 1.54 bits per heavy atom. The maximum Gasteiger partial charge on any atom is 0.267 e. The molecule has 0 saturated carbocycles. The normalized spacial score (nSPS) is 12.6. The van der Waals surface area contributed by atoms with Gasteiger partial charge in [-0.15, -0.1) is 0 Å². The predicted molar refractivity (Wildman–Crippen MR) is 150 cm³/mol. The molecule has 0 aliphatic heterocycles. The van der Waals surface area contributed by atoms with Gasteiger partial charge in [-0.05, 0) is 87.5 Å². The molecule has 0 bridgehead atoms. The van der Waals surface area contributed by atoms with Crippen LogP contribution in [0.5, 0.6) is 0 Å². The van der Waals surface area contributed by atoms with E-state index in [0.717, 1.165) is 64.8 Å². The highest BCUT2D eigenvalue weighted by atomic mass is 16.2. The summed E-state index contributed by atoms with van der Waals surface area (Å²) in [7, 11) is 2.00. The van der Waals surface area contributed by atoms with Crippen LogP contribution in [0.3, 0.4) is 0 Å². The van der Waals surface area contributed by atoms with E-state index in [-0.39, 0.29) is 11.3 Å². The van der Waals surface area contributed by atoms with Gasteiger partial charge < -0.3 is 26.6 Å². The van der Waals surface area contributed by atoms with E-state index in [1.54, 1.807) is 0 Å². The number of carbonyl (C=O) groups excluding carboxylic acids is 1. The van der Waals surface area contributed by atoms with Crippen LogP contribution in [0.1, 0.15) is 65.4 Å². The van der Waals surface area contributed by atoms with Crippen LogP contribution in [0.2, 0.25) is 0 Å². The van der Waals surface area contributed by atoms with Gasteiger partial charge in [-0.3, -0.25) is 4.79 Å². The van der Waals surface area contributed by atoms with Gasteiger partial charge in [0.15, 0.2) is 0 Å². The van der Waals surface area contributed by atoms with Crippen molar-refractivity contribution in [2.24, 2.45) is 11.1 Å². The molecule has 35 heavy (non-hydrogen) atoms. The first kappa shape index (κ1) is 30.9. The summed E-state index contributed by atoms with van der Waals surface area (Å²) in [5, 5.41) is 10.0. The van der Waals surface area contributed by atoms with Crippen molar-refractivity contribution in [3.05, 3.63) is 59.3 Å². The summed E-state index contributed by atoms with van der Waals surface area (Å²) < 4.78 is 0. The minimum atomic E-state index is -0.0288. The third kappa shape index (κ3) is 14.1. The summed E-state index contributed by atoms with van der Waals surface area (Å²) in [5.41, 5.74) is 8.54. The Balaban J connectivity index is 2.58. The summed E-state index contributed by atoms with van der Waals surface area (Å²) >= 11 is 0. The lowest BCUT2D eigenvalue weighted by Gasteiger charge is -2.26. The highest BCUT2D eigenvalue weighted by molar-refractivity contribution is 5.93. The van der Waals surface area contributed by atoms with Crippen molar-refractivity contribution in [1.29, 1.82) is 0 Å². The van der Waals surface area contributed by atoms with Gasteiger partial charge in [0.1, 0.15) is 5.70 Å². The molecule has 1 rings (SSSR count). The van der Waals surface area contributed by atoms with Crippen LogP contribution in [-0.2, 0) is 11.3 Å². The monoisotopic (exact) mass is 485 g/mol. The van der Waals surface area contributed by atoms with Crippen LogP contribution in [0.4, 0.5) is 0 Å². The number of rotatable bonds is 18. The van der Waals surface area contributed by atoms with Gasteiger partial charge in [0.05, 0.1) is 0 Å². The van der Waals surface area contributed by atoms with Crippen LogP contribution >= 0.6 is 0 Å². The van der Waals surface area contributed by atoms with Crippen molar-refractivity contribution in [3.8, 4) is 0 Å². The van der Waals surface area contributed by atoms with E-state index < -0.39 is 0 Å². The van der Waals surface area contributed by atoms with Crippen molar-refractivity contribution >= 4 is 5.91 Å². The van der Waals surface area contributed by atoms with Gasteiger partial charge in [0.2, 0.25) is 0 Å². The SMILES string of the molecule is CC/C=C(/C=C(/C(=O)NCCCNCCCCNCCCN)N(C)Cc1ccccc1)C(C)(C)C. The molecule has 0 unspecified atom stereocenters. The molecule has 0 atom stereocenters. The molecule has 1 aromatic rings. The largest absolute Gasteiger partial charge is 0.366 e. The zero-order chi connectivity index (χ0) is 25.9. The Hall–Kier alpha value is -2.15. The number of benzene rings is 1. The van der Waals surface area contributed by atoms with Gasteiger partial charge in [0, 0.05) is 20.1 Å². The van der Waals surface area contributed by atoms with Crippen molar-refractivity contribution in [2.75, 3.05) is 46.3 Å². The predicted octanol–water partition coefficient (Wildman–Crippen LogP) is 4.20. The minimum Gasteiger partial charge on any atom is -0.366 e. The number of unbranched alkanes of at least 4 members (excludes halogenated alkanes) is 1. The Kier molecular flexibility index (Phi) is 16.0. The number of nitrogens with zero attached hydrogens (tertiary/aromatic N) is 1. The Bertz CT molecular complexity index is 752. The van der Waals surface area contributed by atoms with Gasteiger partial charge in [-0.25, -0.2) is 0 Å². The zero-order valence-corrected chi connectivity index (χ0v) is 23.0. The standard InChI is InChI=1S/C29H51N5O/c1-6-14-26(29(2,3)4)23-27(34(5)24-25-15-8-7-9-16-25)28(35)33-22-13-21-32-19-11-10-18-31-20-12-17-30/h7-9,14-16,23,31-32H,6,10-13,17-22,24,30H2,1-5H3,(H,33,35)/b26-14-,27-23-. The van der Waals surface area contributed by atoms with E-state index >= 15 is 0 Å². The average molecular weight is 486 g/mol. The first-order valence-electron chi connectivity index (χ1n) is 13.4. The molecule has 198 valence electrons. The number of allylic oxidation sites excluding steroid dienone is 3. The molecule has 0 aliphatic carbocycles. The van der Waals surface area contributed by atoms with Gasteiger partial charge in [-0.2, -0.15) is 0 Å². The Labute approximate surface area is 214 Å². The second-order valence-electron chi connectivity index (χ2n) is 10.1. The lowest BCUT2D eigenvalue weighted by atomic mass is 9.85. The molecule has 6 nitrogen and oxygen atoms in total. The topological polar surface area (TPSA) is 82.4 Å². The van der Waals surface area contributed by atoms with Crippen LogP contribution in [0.25, 0.3) is 0 Å². The Morgan fingerprint density at radius 1 is 0.943 bits per heavy atom. The molecule has 0 aromatic heterocycles. The van der Waals surface area contributed by atoms with Crippen molar-refractivity contribution in [3.63, 3.8) is 0 Å². The smallest absolute Gasteiger partial charge is 0.267 e. The van der Waals surface area contributed by atoms with E-state index in [0.29, 0.717) is 18.8 Å². The van der Waals surface area contributed by atoms with Crippen LogP contribution < -0.4 is 21.7 Å². The molecule has 1 amide bonds. The molecule has 0 spiro atoms. The molecule has 0 heterocycles. The molecular formula is C29H51N5O. The average Bonchev–Trinajstić information content (AvgIpc) is 2.82. The van der Waals surface area contributed by atoms with Crippen LogP contribution in [0.15, 0.2) is 53.8 Å². The molecule has 0 radical (unpaired) electrons. The fraction of sp³-hybridized carbons (Fsp3) is 0.621.